The second-order valence-electron chi connectivity index (χ2n) is 4.51. The molecule has 4 heteroatoms. The van der Waals surface area contributed by atoms with Crippen molar-refractivity contribution in [2.75, 3.05) is 6.61 Å². The van der Waals surface area contributed by atoms with Gasteiger partial charge < -0.3 is 5.11 Å². The SMILES string of the molecule is O=c1c2ccccc2c(-c2ccccc2)nn1CCO. The molecule has 0 spiro atoms. The summed E-state index contributed by atoms with van der Waals surface area (Å²) in [5, 5.41) is 14.9. The van der Waals surface area contributed by atoms with E-state index in [-0.39, 0.29) is 18.7 Å². The normalized spacial score (nSPS) is 10.8. The average Bonchev–Trinajstić information content (AvgIpc) is 2.51. The van der Waals surface area contributed by atoms with Crippen molar-refractivity contribution in [2.45, 2.75) is 6.54 Å². The molecule has 2 aromatic carbocycles. The molecule has 0 bridgehead atoms. The van der Waals surface area contributed by atoms with E-state index in [1.165, 1.54) is 4.68 Å². The van der Waals surface area contributed by atoms with Crippen LogP contribution in [0.2, 0.25) is 0 Å². The molecule has 1 aromatic heterocycles. The number of hydrogen-bond acceptors (Lipinski definition) is 3. The first-order valence-electron chi connectivity index (χ1n) is 6.47. The molecule has 0 saturated heterocycles. The van der Waals surface area contributed by atoms with Crippen molar-refractivity contribution in [3.8, 4) is 11.3 Å². The summed E-state index contributed by atoms with van der Waals surface area (Å²) in [6, 6.07) is 17.2. The zero-order valence-electron chi connectivity index (χ0n) is 10.9. The van der Waals surface area contributed by atoms with Gasteiger partial charge in [0.1, 0.15) is 0 Å². The smallest absolute Gasteiger partial charge is 0.274 e. The standard InChI is InChI=1S/C16H14N2O2/c19-11-10-18-16(20)14-9-5-4-8-13(14)15(17-18)12-6-2-1-3-7-12/h1-9,19H,10-11H2. The van der Waals surface area contributed by atoms with Crippen LogP contribution in [0.5, 0.6) is 0 Å². The van der Waals surface area contributed by atoms with Crippen LogP contribution in [0.15, 0.2) is 59.4 Å². The van der Waals surface area contributed by atoms with Gasteiger partial charge in [-0.05, 0) is 6.07 Å². The van der Waals surface area contributed by atoms with E-state index in [4.69, 9.17) is 5.11 Å². The summed E-state index contributed by atoms with van der Waals surface area (Å²) in [6.07, 6.45) is 0. The lowest BCUT2D eigenvalue weighted by Gasteiger charge is -2.10. The minimum atomic E-state index is -0.172. The Morgan fingerprint density at radius 3 is 2.30 bits per heavy atom. The molecule has 0 aliphatic rings. The molecule has 100 valence electrons. The molecular formula is C16H14N2O2. The molecule has 0 aliphatic carbocycles. The first kappa shape index (κ1) is 12.6. The van der Waals surface area contributed by atoms with E-state index in [0.717, 1.165) is 16.6 Å². The third-order valence-corrected chi connectivity index (χ3v) is 3.23. The third kappa shape index (κ3) is 2.10. The van der Waals surface area contributed by atoms with E-state index in [1.807, 2.05) is 48.5 Å². The molecule has 0 unspecified atom stereocenters. The maximum Gasteiger partial charge on any atom is 0.274 e. The lowest BCUT2D eigenvalue weighted by Crippen LogP contribution is -2.25. The van der Waals surface area contributed by atoms with Crippen LogP contribution >= 0.6 is 0 Å². The van der Waals surface area contributed by atoms with Gasteiger partial charge in [-0.2, -0.15) is 5.10 Å². The van der Waals surface area contributed by atoms with Crippen LogP contribution in [-0.4, -0.2) is 21.5 Å². The van der Waals surface area contributed by atoms with Crippen LogP contribution in [-0.2, 0) is 6.54 Å². The zero-order valence-corrected chi connectivity index (χ0v) is 10.9. The van der Waals surface area contributed by atoms with E-state index < -0.39 is 0 Å². The Balaban J connectivity index is 2.36. The topological polar surface area (TPSA) is 55.1 Å². The summed E-state index contributed by atoms with van der Waals surface area (Å²) < 4.78 is 1.32. The third-order valence-electron chi connectivity index (χ3n) is 3.23. The highest BCUT2D eigenvalue weighted by atomic mass is 16.3. The molecule has 0 radical (unpaired) electrons. The Labute approximate surface area is 115 Å². The zero-order chi connectivity index (χ0) is 13.9. The van der Waals surface area contributed by atoms with Crippen molar-refractivity contribution in [3.05, 3.63) is 65.0 Å². The first-order valence-corrected chi connectivity index (χ1v) is 6.47. The van der Waals surface area contributed by atoms with Gasteiger partial charge in [-0.15, -0.1) is 0 Å². The Hall–Kier alpha value is -2.46. The fraction of sp³-hybridized carbons (Fsp3) is 0.125. The number of hydrogen-bond donors (Lipinski definition) is 1. The number of benzene rings is 2. The number of nitrogens with zero attached hydrogens (tertiary/aromatic N) is 2. The van der Waals surface area contributed by atoms with Crippen molar-refractivity contribution in [3.63, 3.8) is 0 Å². The van der Waals surface area contributed by atoms with Crippen molar-refractivity contribution >= 4 is 10.8 Å². The maximum absolute atomic E-state index is 12.3. The molecule has 1 heterocycles. The number of rotatable bonds is 3. The lowest BCUT2D eigenvalue weighted by molar-refractivity contribution is 0.267. The van der Waals surface area contributed by atoms with Crippen LogP contribution in [0.25, 0.3) is 22.0 Å². The van der Waals surface area contributed by atoms with Gasteiger partial charge in [0.2, 0.25) is 0 Å². The average molecular weight is 266 g/mol. The van der Waals surface area contributed by atoms with E-state index in [1.54, 1.807) is 6.07 Å². The summed E-state index contributed by atoms with van der Waals surface area (Å²) in [5.41, 5.74) is 1.54. The highest BCUT2D eigenvalue weighted by Gasteiger charge is 2.11. The van der Waals surface area contributed by atoms with Gasteiger partial charge in [-0.25, -0.2) is 4.68 Å². The molecule has 4 nitrogen and oxygen atoms in total. The van der Waals surface area contributed by atoms with E-state index in [2.05, 4.69) is 5.10 Å². The lowest BCUT2D eigenvalue weighted by atomic mass is 10.1. The molecule has 3 rings (SSSR count). The number of aliphatic hydroxyl groups excluding tert-OH is 1. The predicted octanol–water partition coefficient (Wildman–Crippen LogP) is 2.06. The largest absolute Gasteiger partial charge is 0.394 e. The van der Waals surface area contributed by atoms with Gasteiger partial charge in [-0.1, -0.05) is 48.5 Å². The molecule has 0 aliphatic heterocycles. The highest BCUT2D eigenvalue weighted by molar-refractivity contribution is 5.93. The molecule has 1 N–H and O–H groups in total. The molecule has 0 saturated carbocycles. The van der Waals surface area contributed by atoms with Crippen molar-refractivity contribution in [1.29, 1.82) is 0 Å². The summed E-state index contributed by atoms with van der Waals surface area (Å²) >= 11 is 0. The van der Waals surface area contributed by atoms with E-state index >= 15 is 0 Å². The minimum Gasteiger partial charge on any atom is -0.394 e. The highest BCUT2D eigenvalue weighted by Crippen LogP contribution is 2.23. The number of fused-ring (bicyclic) bond motifs is 1. The van der Waals surface area contributed by atoms with Crippen molar-refractivity contribution < 1.29 is 5.11 Å². The summed E-state index contributed by atoms with van der Waals surface area (Å²) in [5.74, 6) is 0. The Morgan fingerprint density at radius 2 is 1.60 bits per heavy atom. The van der Waals surface area contributed by atoms with Crippen molar-refractivity contribution in [2.24, 2.45) is 0 Å². The molecule has 20 heavy (non-hydrogen) atoms. The van der Waals surface area contributed by atoms with Gasteiger partial charge in [-0.3, -0.25) is 4.79 Å². The Morgan fingerprint density at radius 1 is 0.950 bits per heavy atom. The van der Waals surface area contributed by atoms with Gasteiger partial charge in [0.15, 0.2) is 0 Å². The Kier molecular flexibility index (Phi) is 3.31. The quantitative estimate of drug-likeness (QED) is 0.789. The fourth-order valence-electron chi connectivity index (χ4n) is 2.29. The second kappa shape index (κ2) is 5.27. The monoisotopic (exact) mass is 266 g/mol. The van der Waals surface area contributed by atoms with Gasteiger partial charge in [0.25, 0.3) is 5.56 Å². The molecule has 0 amide bonds. The van der Waals surface area contributed by atoms with Crippen LogP contribution in [0.1, 0.15) is 0 Å². The van der Waals surface area contributed by atoms with Crippen LogP contribution < -0.4 is 5.56 Å². The maximum atomic E-state index is 12.3. The second-order valence-corrected chi connectivity index (χ2v) is 4.51. The number of aromatic nitrogens is 2. The summed E-state index contributed by atoms with van der Waals surface area (Å²) in [6.45, 7) is 0.0863. The molecular weight excluding hydrogens is 252 g/mol. The van der Waals surface area contributed by atoms with Gasteiger partial charge in [0.05, 0.1) is 24.2 Å². The van der Waals surface area contributed by atoms with Crippen LogP contribution in [0.3, 0.4) is 0 Å². The van der Waals surface area contributed by atoms with E-state index in [0.29, 0.717) is 5.39 Å². The molecule has 3 aromatic rings. The molecule has 0 atom stereocenters. The Bertz CT molecular complexity index is 794. The summed E-state index contributed by atoms with van der Waals surface area (Å²) in [4.78, 5) is 12.3. The summed E-state index contributed by atoms with van der Waals surface area (Å²) in [7, 11) is 0. The first-order chi connectivity index (χ1) is 9.81. The van der Waals surface area contributed by atoms with Crippen molar-refractivity contribution in [1.82, 2.24) is 9.78 Å². The molecule has 0 fully saturated rings. The number of aliphatic hydroxyl groups is 1. The van der Waals surface area contributed by atoms with Crippen LogP contribution in [0, 0.1) is 0 Å². The van der Waals surface area contributed by atoms with Crippen LogP contribution in [0.4, 0.5) is 0 Å². The fourth-order valence-corrected chi connectivity index (χ4v) is 2.29. The van der Waals surface area contributed by atoms with Gasteiger partial charge >= 0.3 is 0 Å². The van der Waals surface area contributed by atoms with E-state index in [9.17, 15) is 4.79 Å². The van der Waals surface area contributed by atoms with Gasteiger partial charge in [0, 0.05) is 10.9 Å². The minimum absolute atomic E-state index is 0.112. The predicted molar refractivity (Wildman–Crippen MR) is 78.5 cm³/mol.